The van der Waals surface area contributed by atoms with E-state index in [9.17, 15) is 17.6 Å². The highest BCUT2D eigenvalue weighted by Gasteiger charge is 2.23. The van der Waals surface area contributed by atoms with Gasteiger partial charge < -0.3 is 10.2 Å². The van der Waals surface area contributed by atoms with Crippen molar-refractivity contribution in [3.8, 4) is 11.3 Å². The smallest absolute Gasteiger partial charge is 0.253 e. The molecule has 0 fully saturated rings. The molecule has 2 heterocycles. The lowest BCUT2D eigenvalue weighted by Crippen LogP contribution is -2.16. The van der Waals surface area contributed by atoms with Crippen molar-refractivity contribution in [2.45, 2.75) is 6.92 Å². The standard InChI is InChI=1S/C16H13FIN3O4S/c1-2-26(23,24)21-15-11(18)7-10-12(14(19)22)13(25-16(10)20-15)8-3-5-9(17)6-4-8/h3-7H,2H2,1H3,(H2,19,22)(H,20,21). The average molecular weight is 489 g/mol. The molecule has 0 atom stereocenters. The van der Waals surface area contributed by atoms with Gasteiger partial charge in [-0.05, 0) is 59.8 Å². The van der Waals surface area contributed by atoms with Crippen LogP contribution in [0.3, 0.4) is 0 Å². The number of carbonyl (C=O) groups is 1. The second-order valence-corrected chi connectivity index (χ2v) is 8.53. The molecule has 0 aliphatic carbocycles. The van der Waals surface area contributed by atoms with Crippen LogP contribution in [0.2, 0.25) is 0 Å². The van der Waals surface area contributed by atoms with Gasteiger partial charge in [0, 0.05) is 5.56 Å². The first-order valence-corrected chi connectivity index (χ1v) is 10.1. The van der Waals surface area contributed by atoms with Gasteiger partial charge in [-0.1, -0.05) is 0 Å². The maximum atomic E-state index is 13.2. The summed E-state index contributed by atoms with van der Waals surface area (Å²) >= 11 is 1.90. The lowest BCUT2D eigenvalue weighted by atomic mass is 10.1. The zero-order valence-corrected chi connectivity index (χ0v) is 16.4. The molecule has 10 heteroatoms. The topological polar surface area (TPSA) is 115 Å². The van der Waals surface area contributed by atoms with Gasteiger partial charge in [-0.3, -0.25) is 9.52 Å². The van der Waals surface area contributed by atoms with Gasteiger partial charge in [-0.2, -0.15) is 4.98 Å². The third-order valence-corrected chi connectivity index (χ3v) is 5.71. The van der Waals surface area contributed by atoms with E-state index in [4.69, 9.17) is 10.2 Å². The fraction of sp³-hybridized carbons (Fsp3) is 0.125. The Morgan fingerprint density at radius 3 is 2.58 bits per heavy atom. The molecule has 1 aromatic carbocycles. The van der Waals surface area contributed by atoms with E-state index in [-0.39, 0.29) is 28.6 Å². The van der Waals surface area contributed by atoms with Crippen molar-refractivity contribution in [3.63, 3.8) is 0 Å². The average Bonchev–Trinajstić information content (AvgIpc) is 2.94. The number of fused-ring (bicyclic) bond motifs is 1. The van der Waals surface area contributed by atoms with Gasteiger partial charge in [0.25, 0.3) is 5.91 Å². The number of furan rings is 1. The van der Waals surface area contributed by atoms with Crippen LogP contribution >= 0.6 is 22.6 Å². The number of pyridine rings is 1. The molecule has 3 rings (SSSR count). The minimum absolute atomic E-state index is 0.0485. The van der Waals surface area contributed by atoms with Gasteiger partial charge in [-0.15, -0.1) is 0 Å². The first-order valence-electron chi connectivity index (χ1n) is 7.41. The molecule has 1 amide bonds. The van der Waals surface area contributed by atoms with Gasteiger partial charge >= 0.3 is 0 Å². The number of hydrogen-bond donors (Lipinski definition) is 2. The summed E-state index contributed by atoms with van der Waals surface area (Å²) in [6, 6.07) is 6.92. The summed E-state index contributed by atoms with van der Waals surface area (Å²) in [5, 5.41) is 0.348. The monoisotopic (exact) mass is 489 g/mol. The Morgan fingerprint density at radius 1 is 1.35 bits per heavy atom. The van der Waals surface area contributed by atoms with Crippen LogP contribution in [0.1, 0.15) is 17.3 Å². The second kappa shape index (κ2) is 6.83. The number of nitrogens with two attached hydrogens (primary N) is 1. The first-order chi connectivity index (χ1) is 12.2. The second-order valence-electron chi connectivity index (χ2n) is 5.35. The molecular weight excluding hydrogens is 476 g/mol. The molecule has 7 nitrogen and oxygen atoms in total. The van der Waals surface area contributed by atoms with Gasteiger partial charge in [0.2, 0.25) is 15.7 Å². The molecule has 0 spiro atoms. The number of benzene rings is 1. The van der Waals surface area contributed by atoms with Gasteiger partial charge in [0.15, 0.2) is 5.82 Å². The minimum atomic E-state index is -3.53. The van der Waals surface area contributed by atoms with E-state index in [1.165, 1.54) is 31.2 Å². The van der Waals surface area contributed by atoms with Crippen molar-refractivity contribution in [2.24, 2.45) is 5.73 Å². The lowest BCUT2D eigenvalue weighted by molar-refractivity contribution is 0.100. The van der Waals surface area contributed by atoms with Crippen LogP contribution in [0.15, 0.2) is 34.7 Å². The Kier molecular flexibility index (Phi) is 4.88. The number of nitrogens with one attached hydrogen (secondary N) is 1. The Bertz CT molecular complexity index is 1110. The van der Waals surface area contributed by atoms with Crippen LogP contribution in [-0.4, -0.2) is 25.1 Å². The quantitative estimate of drug-likeness (QED) is 0.535. The van der Waals surface area contributed by atoms with E-state index < -0.39 is 21.7 Å². The zero-order valence-electron chi connectivity index (χ0n) is 13.4. The number of anilines is 1. The van der Waals surface area contributed by atoms with Crippen molar-refractivity contribution >= 4 is 55.4 Å². The van der Waals surface area contributed by atoms with Crippen LogP contribution in [-0.2, 0) is 10.0 Å². The SMILES string of the molecule is CCS(=O)(=O)Nc1nc2oc(-c3ccc(F)cc3)c(C(N)=O)c2cc1I. The first kappa shape index (κ1) is 18.6. The molecule has 0 saturated heterocycles. The van der Waals surface area contributed by atoms with Crippen molar-refractivity contribution in [1.82, 2.24) is 4.98 Å². The summed E-state index contributed by atoms with van der Waals surface area (Å²) in [7, 11) is -3.53. The normalized spacial score (nSPS) is 11.7. The predicted octanol–water partition coefficient (Wildman–Crippen LogP) is 3.10. The number of hydrogen-bond acceptors (Lipinski definition) is 5. The van der Waals surface area contributed by atoms with Gasteiger partial charge in [-0.25, -0.2) is 12.8 Å². The third kappa shape index (κ3) is 3.51. The molecule has 3 aromatic rings. The predicted molar refractivity (Wildman–Crippen MR) is 104 cm³/mol. The number of primary amides is 1. The van der Waals surface area contributed by atoms with E-state index in [0.29, 0.717) is 14.5 Å². The van der Waals surface area contributed by atoms with E-state index in [1.54, 1.807) is 6.07 Å². The van der Waals surface area contributed by atoms with Gasteiger partial charge in [0.05, 0.1) is 20.3 Å². The largest absolute Gasteiger partial charge is 0.437 e. The van der Waals surface area contributed by atoms with Crippen molar-refractivity contribution in [1.29, 1.82) is 0 Å². The van der Waals surface area contributed by atoms with E-state index in [1.807, 2.05) is 22.6 Å². The highest BCUT2D eigenvalue weighted by atomic mass is 127. The molecule has 0 saturated carbocycles. The molecule has 0 aliphatic heterocycles. The van der Waals surface area contributed by atoms with E-state index in [0.717, 1.165) is 0 Å². The fourth-order valence-corrected chi connectivity index (χ4v) is 3.68. The highest BCUT2D eigenvalue weighted by Crippen LogP contribution is 2.35. The number of halogens is 2. The summed E-state index contributed by atoms with van der Waals surface area (Å²) in [4.78, 5) is 16.1. The van der Waals surface area contributed by atoms with Crippen molar-refractivity contribution < 1.29 is 22.0 Å². The van der Waals surface area contributed by atoms with Crippen LogP contribution in [0.4, 0.5) is 10.2 Å². The van der Waals surface area contributed by atoms with Crippen molar-refractivity contribution in [3.05, 3.63) is 45.3 Å². The molecule has 136 valence electrons. The Morgan fingerprint density at radius 2 is 2.00 bits per heavy atom. The zero-order chi connectivity index (χ0) is 19.1. The third-order valence-electron chi connectivity index (χ3n) is 3.62. The molecule has 26 heavy (non-hydrogen) atoms. The van der Waals surface area contributed by atoms with Gasteiger partial charge in [0.1, 0.15) is 11.6 Å². The maximum absolute atomic E-state index is 13.2. The molecule has 0 bridgehead atoms. The number of nitrogens with zero attached hydrogens (tertiary/aromatic N) is 1. The molecule has 0 unspecified atom stereocenters. The molecule has 2 aromatic heterocycles. The molecule has 3 N–H and O–H groups in total. The number of carbonyl (C=O) groups excluding carboxylic acids is 1. The minimum Gasteiger partial charge on any atom is -0.437 e. The van der Waals surface area contributed by atoms with E-state index in [2.05, 4.69) is 9.71 Å². The fourth-order valence-electron chi connectivity index (χ4n) is 2.34. The Hall–Kier alpha value is -2.21. The number of sulfonamides is 1. The summed E-state index contributed by atoms with van der Waals surface area (Å²) in [5.41, 5.74) is 6.08. The summed E-state index contributed by atoms with van der Waals surface area (Å²) in [6.07, 6.45) is 0. The maximum Gasteiger partial charge on any atom is 0.253 e. The number of aromatic nitrogens is 1. The molecule has 0 radical (unpaired) electrons. The number of amides is 1. The van der Waals surface area contributed by atoms with Crippen LogP contribution in [0, 0.1) is 9.39 Å². The molecule has 0 aliphatic rings. The Balaban J connectivity index is 2.23. The summed E-state index contributed by atoms with van der Waals surface area (Å²) < 4.78 is 45.2. The molecular formula is C16H13FIN3O4S. The van der Waals surface area contributed by atoms with Crippen LogP contribution in [0.5, 0.6) is 0 Å². The summed E-state index contributed by atoms with van der Waals surface area (Å²) in [6.45, 7) is 1.50. The lowest BCUT2D eigenvalue weighted by Gasteiger charge is -2.06. The highest BCUT2D eigenvalue weighted by molar-refractivity contribution is 14.1. The van der Waals surface area contributed by atoms with Crippen molar-refractivity contribution in [2.75, 3.05) is 10.5 Å². The van der Waals surface area contributed by atoms with Crippen LogP contribution in [0.25, 0.3) is 22.4 Å². The van der Waals surface area contributed by atoms with Crippen LogP contribution < -0.4 is 10.5 Å². The Labute approximate surface area is 162 Å². The summed E-state index contributed by atoms with van der Waals surface area (Å²) in [5.74, 6) is -1.05. The van der Waals surface area contributed by atoms with E-state index >= 15 is 0 Å². The number of rotatable bonds is 5.